The van der Waals surface area contributed by atoms with Gasteiger partial charge in [-0.05, 0) is 49.4 Å². The number of anilines is 2. The molecular weight excluding hydrogens is 430 g/mol. The van der Waals surface area contributed by atoms with Crippen LogP contribution < -0.4 is 9.21 Å². The zero-order valence-electron chi connectivity index (χ0n) is 17.3. The molecule has 31 heavy (non-hydrogen) atoms. The van der Waals surface area contributed by atoms with Crippen LogP contribution in [0.2, 0.25) is 0 Å². The molecule has 0 radical (unpaired) electrons. The number of thiazole rings is 1. The fourth-order valence-electron chi connectivity index (χ4n) is 3.13. The van der Waals surface area contributed by atoms with Crippen molar-refractivity contribution in [3.63, 3.8) is 0 Å². The minimum Gasteiger partial charge on any atom is -0.287 e. The second-order valence-corrected chi connectivity index (χ2v) is 10.1. The van der Waals surface area contributed by atoms with Gasteiger partial charge in [0.25, 0.3) is 15.9 Å². The van der Waals surface area contributed by atoms with Gasteiger partial charge in [-0.3, -0.25) is 14.0 Å². The van der Waals surface area contributed by atoms with Crippen molar-refractivity contribution in [1.29, 1.82) is 0 Å². The number of carbonyl (C=O) groups is 1. The summed E-state index contributed by atoms with van der Waals surface area (Å²) >= 11 is 1.41. The Hall–Kier alpha value is -3.23. The Kier molecular flexibility index (Phi) is 5.51. The SMILES string of the molecule is Cc1ccc(N(C)S(=O)(=O)c2cccc(C(=O)N(C)c3nc4ccccc4s3)c2)cc1. The molecule has 0 N–H and O–H groups in total. The molecule has 0 bridgehead atoms. The zero-order chi connectivity index (χ0) is 22.2. The van der Waals surface area contributed by atoms with Gasteiger partial charge in [-0.2, -0.15) is 0 Å². The van der Waals surface area contributed by atoms with E-state index in [1.807, 2.05) is 43.3 Å². The number of aryl methyl sites for hydroxylation is 1. The first-order valence-electron chi connectivity index (χ1n) is 9.56. The van der Waals surface area contributed by atoms with Gasteiger partial charge in [0.05, 0.1) is 20.8 Å². The summed E-state index contributed by atoms with van der Waals surface area (Å²) < 4.78 is 28.5. The Morgan fingerprint density at radius 3 is 2.35 bits per heavy atom. The van der Waals surface area contributed by atoms with E-state index >= 15 is 0 Å². The molecule has 158 valence electrons. The van der Waals surface area contributed by atoms with E-state index in [0.717, 1.165) is 15.8 Å². The molecule has 1 amide bonds. The first-order valence-corrected chi connectivity index (χ1v) is 11.8. The Bertz CT molecular complexity index is 1330. The summed E-state index contributed by atoms with van der Waals surface area (Å²) in [6.07, 6.45) is 0. The van der Waals surface area contributed by atoms with E-state index in [9.17, 15) is 13.2 Å². The van der Waals surface area contributed by atoms with Gasteiger partial charge in [0, 0.05) is 19.7 Å². The average Bonchev–Trinajstić information content (AvgIpc) is 3.22. The maximum atomic E-state index is 13.1. The molecule has 4 rings (SSSR count). The average molecular weight is 452 g/mol. The minimum atomic E-state index is -3.82. The predicted molar refractivity (Wildman–Crippen MR) is 126 cm³/mol. The molecule has 0 saturated heterocycles. The van der Waals surface area contributed by atoms with Crippen molar-refractivity contribution in [3.8, 4) is 0 Å². The summed E-state index contributed by atoms with van der Waals surface area (Å²) in [4.78, 5) is 19.1. The lowest BCUT2D eigenvalue weighted by atomic mass is 10.2. The van der Waals surface area contributed by atoms with Crippen LogP contribution in [-0.4, -0.2) is 33.4 Å². The van der Waals surface area contributed by atoms with E-state index in [1.165, 1.54) is 39.7 Å². The van der Waals surface area contributed by atoms with E-state index in [0.29, 0.717) is 10.8 Å². The third kappa shape index (κ3) is 4.04. The number of sulfonamides is 1. The molecule has 0 spiro atoms. The number of carbonyl (C=O) groups excluding carboxylic acids is 1. The van der Waals surface area contributed by atoms with Gasteiger partial charge in [-0.1, -0.05) is 47.2 Å². The largest absolute Gasteiger partial charge is 0.287 e. The Morgan fingerprint density at radius 1 is 0.935 bits per heavy atom. The first kappa shape index (κ1) is 21.0. The summed E-state index contributed by atoms with van der Waals surface area (Å²) in [5, 5.41) is 0.552. The van der Waals surface area contributed by atoms with Crippen LogP contribution >= 0.6 is 11.3 Å². The normalized spacial score (nSPS) is 11.5. The van der Waals surface area contributed by atoms with E-state index in [-0.39, 0.29) is 16.4 Å². The summed E-state index contributed by atoms with van der Waals surface area (Å²) in [7, 11) is -0.682. The number of benzene rings is 3. The number of nitrogens with zero attached hydrogens (tertiary/aromatic N) is 3. The van der Waals surface area contributed by atoms with Crippen molar-refractivity contribution in [2.75, 3.05) is 23.3 Å². The van der Waals surface area contributed by atoms with Crippen molar-refractivity contribution >= 4 is 48.3 Å². The highest BCUT2D eigenvalue weighted by molar-refractivity contribution is 7.92. The molecule has 0 fully saturated rings. The highest BCUT2D eigenvalue weighted by Crippen LogP contribution is 2.29. The Morgan fingerprint density at radius 2 is 1.65 bits per heavy atom. The lowest BCUT2D eigenvalue weighted by Crippen LogP contribution is -2.28. The third-order valence-corrected chi connectivity index (χ3v) is 7.91. The van der Waals surface area contributed by atoms with E-state index < -0.39 is 10.0 Å². The van der Waals surface area contributed by atoms with Crippen LogP contribution in [0.25, 0.3) is 10.2 Å². The predicted octanol–water partition coefficient (Wildman–Crippen LogP) is 4.71. The molecule has 3 aromatic carbocycles. The molecule has 8 heteroatoms. The number of aromatic nitrogens is 1. The molecule has 0 unspecified atom stereocenters. The van der Waals surface area contributed by atoms with Gasteiger partial charge in [-0.25, -0.2) is 13.4 Å². The van der Waals surface area contributed by atoms with Crippen LogP contribution in [0, 0.1) is 6.92 Å². The molecule has 0 atom stereocenters. The van der Waals surface area contributed by atoms with Gasteiger partial charge in [0.1, 0.15) is 0 Å². The van der Waals surface area contributed by atoms with Crippen molar-refractivity contribution in [2.24, 2.45) is 0 Å². The molecule has 1 heterocycles. The van der Waals surface area contributed by atoms with Crippen LogP contribution in [-0.2, 0) is 10.0 Å². The van der Waals surface area contributed by atoms with Gasteiger partial charge in [0.2, 0.25) is 0 Å². The van der Waals surface area contributed by atoms with Crippen molar-refractivity contribution in [2.45, 2.75) is 11.8 Å². The van der Waals surface area contributed by atoms with Gasteiger partial charge < -0.3 is 0 Å². The Balaban J connectivity index is 1.63. The Labute approximate surface area is 185 Å². The number of amides is 1. The monoisotopic (exact) mass is 451 g/mol. The van der Waals surface area contributed by atoms with Gasteiger partial charge >= 0.3 is 0 Å². The lowest BCUT2D eigenvalue weighted by Gasteiger charge is -2.20. The van der Waals surface area contributed by atoms with Crippen LogP contribution in [0.5, 0.6) is 0 Å². The molecule has 0 saturated carbocycles. The summed E-state index contributed by atoms with van der Waals surface area (Å²) in [6.45, 7) is 1.94. The standard InChI is InChI=1S/C23H21N3O3S2/c1-16-11-13-18(14-12-16)26(3)31(28,29)19-8-6-7-17(15-19)22(27)25(2)23-24-20-9-4-5-10-21(20)30-23/h4-15H,1-3H3. The van der Waals surface area contributed by atoms with Crippen LogP contribution in [0.3, 0.4) is 0 Å². The number of para-hydroxylation sites is 1. The quantitative estimate of drug-likeness (QED) is 0.441. The molecule has 1 aromatic heterocycles. The van der Waals surface area contributed by atoms with Gasteiger partial charge in [0.15, 0.2) is 5.13 Å². The smallest absolute Gasteiger partial charge is 0.264 e. The fraction of sp³-hybridized carbons (Fsp3) is 0.130. The van der Waals surface area contributed by atoms with E-state index in [4.69, 9.17) is 0 Å². The van der Waals surface area contributed by atoms with Crippen molar-refractivity contribution in [1.82, 2.24) is 4.98 Å². The van der Waals surface area contributed by atoms with E-state index in [2.05, 4.69) is 4.98 Å². The topological polar surface area (TPSA) is 70.6 Å². The fourth-order valence-corrected chi connectivity index (χ4v) is 5.29. The molecule has 4 aromatic rings. The summed E-state index contributed by atoms with van der Waals surface area (Å²) in [6, 6.07) is 21.0. The number of fused-ring (bicyclic) bond motifs is 1. The van der Waals surface area contributed by atoms with Crippen molar-refractivity contribution in [3.05, 3.63) is 83.9 Å². The molecule has 0 aliphatic carbocycles. The third-order valence-electron chi connectivity index (χ3n) is 5.01. The van der Waals surface area contributed by atoms with Gasteiger partial charge in [-0.15, -0.1) is 0 Å². The van der Waals surface area contributed by atoms with Crippen LogP contribution in [0.15, 0.2) is 77.7 Å². The maximum Gasteiger partial charge on any atom is 0.264 e. The van der Waals surface area contributed by atoms with Crippen LogP contribution in [0.4, 0.5) is 10.8 Å². The first-order chi connectivity index (χ1) is 14.8. The number of hydrogen-bond acceptors (Lipinski definition) is 5. The number of rotatable bonds is 5. The summed E-state index contributed by atoms with van der Waals surface area (Å²) in [5.41, 5.74) is 2.69. The highest BCUT2D eigenvalue weighted by Gasteiger charge is 2.24. The molecule has 6 nitrogen and oxygen atoms in total. The maximum absolute atomic E-state index is 13.1. The summed E-state index contributed by atoms with van der Waals surface area (Å²) in [5.74, 6) is -0.325. The molecular formula is C23H21N3O3S2. The second kappa shape index (κ2) is 8.13. The van der Waals surface area contributed by atoms with Crippen molar-refractivity contribution < 1.29 is 13.2 Å². The molecule has 0 aliphatic rings. The number of hydrogen-bond donors (Lipinski definition) is 0. The van der Waals surface area contributed by atoms with E-state index in [1.54, 1.807) is 31.3 Å². The second-order valence-electron chi connectivity index (χ2n) is 7.16. The van der Waals surface area contributed by atoms with Crippen LogP contribution in [0.1, 0.15) is 15.9 Å². The lowest BCUT2D eigenvalue weighted by molar-refractivity contribution is 0.0993. The zero-order valence-corrected chi connectivity index (χ0v) is 18.9. The highest BCUT2D eigenvalue weighted by atomic mass is 32.2. The minimum absolute atomic E-state index is 0.0547. The molecule has 0 aliphatic heterocycles.